The molecule has 5 heteroatoms. The number of hydrogen-bond donors (Lipinski definition) is 2. The van der Waals surface area contributed by atoms with Crippen molar-refractivity contribution in [2.24, 2.45) is 0 Å². The van der Waals surface area contributed by atoms with Crippen molar-refractivity contribution in [3.05, 3.63) is 48.5 Å². The highest BCUT2D eigenvalue weighted by molar-refractivity contribution is 6.02. The molecule has 0 spiro atoms. The van der Waals surface area contributed by atoms with Crippen LogP contribution in [0.5, 0.6) is 0 Å². The topological polar surface area (TPSA) is 80.9 Å². The molecule has 0 aliphatic heterocycles. The highest BCUT2D eigenvalue weighted by Crippen LogP contribution is 2.12. The van der Waals surface area contributed by atoms with Crippen LogP contribution in [0.25, 0.3) is 0 Å². The van der Waals surface area contributed by atoms with Gasteiger partial charge in [0.05, 0.1) is 0 Å². The van der Waals surface area contributed by atoms with Gasteiger partial charge in [-0.3, -0.25) is 4.79 Å². The van der Waals surface area contributed by atoms with Gasteiger partial charge in [0.2, 0.25) is 0 Å². The lowest BCUT2D eigenvalue weighted by atomic mass is 10.2. The van der Waals surface area contributed by atoms with Crippen LogP contribution in [0.3, 0.4) is 0 Å². The summed E-state index contributed by atoms with van der Waals surface area (Å²) in [7, 11) is 0. The molecule has 0 aliphatic rings. The zero-order valence-electron chi connectivity index (χ0n) is 8.42. The van der Waals surface area contributed by atoms with Crippen LogP contribution in [0.4, 0.5) is 11.4 Å². The summed E-state index contributed by atoms with van der Waals surface area (Å²) in [6.45, 7) is 0. The second-order valence-electron chi connectivity index (χ2n) is 3.17. The van der Waals surface area contributed by atoms with Crippen molar-refractivity contribution in [2.75, 3.05) is 11.1 Å². The van der Waals surface area contributed by atoms with Crippen LogP contribution in [0.2, 0.25) is 0 Å². The van der Waals surface area contributed by atoms with Crippen molar-refractivity contribution < 1.29 is 4.79 Å². The fraction of sp³-hybridized carbons (Fsp3) is 0. The van der Waals surface area contributed by atoms with Gasteiger partial charge in [-0.15, -0.1) is 0 Å². The van der Waals surface area contributed by atoms with E-state index in [0.29, 0.717) is 17.1 Å². The summed E-state index contributed by atoms with van der Waals surface area (Å²) in [4.78, 5) is 19.3. The first kappa shape index (κ1) is 10.1. The van der Waals surface area contributed by atoms with Gasteiger partial charge in [-0.2, -0.15) is 0 Å². The molecule has 5 nitrogen and oxygen atoms in total. The zero-order valence-corrected chi connectivity index (χ0v) is 8.42. The molecule has 1 aromatic heterocycles. The van der Waals surface area contributed by atoms with Crippen LogP contribution in [-0.2, 0) is 0 Å². The molecular weight excluding hydrogens is 204 g/mol. The summed E-state index contributed by atoms with van der Waals surface area (Å²) >= 11 is 0. The van der Waals surface area contributed by atoms with E-state index in [9.17, 15) is 4.79 Å². The highest BCUT2D eigenvalue weighted by Gasteiger charge is 2.06. The van der Waals surface area contributed by atoms with E-state index in [1.54, 1.807) is 30.3 Å². The fourth-order valence-electron chi connectivity index (χ4n) is 1.24. The van der Waals surface area contributed by atoms with Crippen LogP contribution in [0.1, 0.15) is 10.5 Å². The predicted octanol–water partition coefficient (Wildman–Crippen LogP) is 1.31. The number of rotatable bonds is 2. The molecule has 2 rings (SSSR count). The number of nitrogens with two attached hydrogens (primary N) is 1. The number of amides is 1. The third-order valence-corrected chi connectivity index (χ3v) is 1.96. The lowest BCUT2D eigenvalue weighted by Crippen LogP contribution is -2.13. The van der Waals surface area contributed by atoms with Gasteiger partial charge in [0.25, 0.3) is 5.91 Å². The maximum Gasteiger partial charge on any atom is 0.274 e. The van der Waals surface area contributed by atoms with Gasteiger partial charge < -0.3 is 11.1 Å². The van der Waals surface area contributed by atoms with Crippen LogP contribution < -0.4 is 11.1 Å². The van der Waals surface area contributed by atoms with E-state index in [2.05, 4.69) is 15.3 Å². The Balaban J connectivity index is 2.14. The normalized spacial score (nSPS) is 9.75. The van der Waals surface area contributed by atoms with Gasteiger partial charge in [-0.1, -0.05) is 6.07 Å². The van der Waals surface area contributed by atoms with Crippen molar-refractivity contribution in [3.8, 4) is 0 Å². The minimum absolute atomic E-state index is 0.284. The first-order valence-electron chi connectivity index (χ1n) is 4.68. The number of aromatic nitrogens is 2. The second kappa shape index (κ2) is 4.39. The van der Waals surface area contributed by atoms with E-state index in [4.69, 9.17) is 5.73 Å². The van der Waals surface area contributed by atoms with Crippen molar-refractivity contribution in [1.29, 1.82) is 0 Å². The smallest absolute Gasteiger partial charge is 0.274 e. The number of benzene rings is 1. The van der Waals surface area contributed by atoms with E-state index in [1.165, 1.54) is 12.5 Å². The molecule has 0 radical (unpaired) electrons. The van der Waals surface area contributed by atoms with Gasteiger partial charge in [-0.05, 0) is 24.3 Å². The number of carbonyl (C=O) groups is 1. The number of carbonyl (C=O) groups excluding carboxylic acids is 1. The molecule has 80 valence electrons. The molecule has 0 saturated carbocycles. The van der Waals surface area contributed by atoms with Gasteiger partial charge in [-0.25, -0.2) is 9.97 Å². The molecule has 0 saturated heterocycles. The molecule has 0 unspecified atom stereocenters. The zero-order chi connectivity index (χ0) is 11.4. The summed E-state index contributed by atoms with van der Waals surface area (Å²) in [5.74, 6) is -0.284. The van der Waals surface area contributed by atoms with Gasteiger partial charge in [0.15, 0.2) is 0 Å². The molecule has 1 aromatic carbocycles. The van der Waals surface area contributed by atoms with E-state index in [1.807, 2.05) is 0 Å². The highest BCUT2D eigenvalue weighted by atomic mass is 16.1. The van der Waals surface area contributed by atoms with E-state index in [-0.39, 0.29) is 5.91 Å². The summed E-state index contributed by atoms with van der Waals surface area (Å²) < 4.78 is 0. The molecule has 0 atom stereocenters. The molecule has 1 heterocycles. The van der Waals surface area contributed by atoms with Crippen LogP contribution in [0.15, 0.2) is 42.9 Å². The van der Waals surface area contributed by atoms with Crippen molar-refractivity contribution in [2.45, 2.75) is 0 Å². The lowest BCUT2D eigenvalue weighted by Gasteiger charge is -2.04. The van der Waals surface area contributed by atoms with Gasteiger partial charge in [0.1, 0.15) is 12.0 Å². The third-order valence-electron chi connectivity index (χ3n) is 1.96. The SMILES string of the molecule is Nc1cccc(NC(=O)c2ccncn2)c1. The quantitative estimate of drug-likeness (QED) is 0.738. The molecule has 16 heavy (non-hydrogen) atoms. The average Bonchev–Trinajstić information content (AvgIpc) is 2.30. The Morgan fingerprint density at radius 2 is 2.19 bits per heavy atom. The maximum absolute atomic E-state index is 11.7. The number of nitrogen functional groups attached to an aromatic ring is 1. The van der Waals surface area contributed by atoms with Crippen LogP contribution >= 0.6 is 0 Å². The second-order valence-corrected chi connectivity index (χ2v) is 3.17. The Morgan fingerprint density at radius 1 is 1.31 bits per heavy atom. The predicted molar refractivity (Wildman–Crippen MR) is 60.8 cm³/mol. The Bertz CT molecular complexity index is 498. The Hall–Kier alpha value is -2.43. The lowest BCUT2D eigenvalue weighted by molar-refractivity contribution is 0.102. The molecular formula is C11H10N4O. The minimum Gasteiger partial charge on any atom is -0.399 e. The molecule has 1 amide bonds. The Kier molecular flexibility index (Phi) is 2.77. The minimum atomic E-state index is -0.284. The van der Waals surface area contributed by atoms with Gasteiger partial charge >= 0.3 is 0 Å². The van der Waals surface area contributed by atoms with E-state index >= 15 is 0 Å². The number of anilines is 2. The Morgan fingerprint density at radius 3 is 2.88 bits per heavy atom. The molecule has 0 bridgehead atoms. The largest absolute Gasteiger partial charge is 0.399 e. The summed E-state index contributed by atoms with van der Waals surface area (Å²) in [6, 6.07) is 8.50. The summed E-state index contributed by atoms with van der Waals surface area (Å²) in [5.41, 5.74) is 7.15. The number of nitrogens with zero attached hydrogens (tertiary/aromatic N) is 2. The van der Waals surface area contributed by atoms with Crippen LogP contribution in [-0.4, -0.2) is 15.9 Å². The number of hydrogen-bond acceptors (Lipinski definition) is 4. The molecule has 0 fully saturated rings. The molecule has 0 aliphatic carbocycles. The van der Waals surface area contributed by atoms with Crippen molar-refractivity contribution >= 4 is 17.3 Å². The van der Waals surface area contributed by atoms with Crippen molar-refractivity contribution in [1.82, 2.24) is 9.97 Å². The van der Waals surface area contributed by atoms with Crippen molar-refractivity contribution in [3.63, 3.8) is 0 Å². The molecule has 3 N–H and O–H groups in total. The maximum atomic E-state index is 11.7. The van der Waals surface area contributed by atoms with E-state index in [0.717, 1.165) is 0 Å². The first-order chi connectivity index (χ1) is 7.75. The summed E-state index contributed by atoms with van der Waals surface area (Å²) in [5, 5.41) is 2.69. The first-order valence-corrected chi connectivity index (χ1v) is 4.68. The Labute approximate surface area is 92.3 Å². The fourth-order valence-corrected chi connectivity index (χ4v) is 1.24. The van der Waals surface area contributed by atoms with E-state index < -0.39 is 0 Å². The summed E-state index contributed by atoms with van der Waals surface area (Å²) in [6.07, 6.45) is 2.84. The standard InChI is InChI=1S/C11H10N4O/c12-8-2-1-3-9(6-8)15-11(16)10-4-5-13-7-14-10/h1-7H,12H2,(H,15,16). The van der Waals surface area contributed by atoms with Crippen LogP contribution in [0, 0.1) is 0 Å². The number of nitrogens with one attached hydrogen (secondary N) is 1. The monoisotopic (exact) mass is 214 g/mol. The van der Waals surface area contributed by atoms with Gasteiger partial charge in [0, 0.05) is 17.6 Å². The molecule has 2 aromatic rings. The third kappa shape index (κ3) is 2.33. The average molecular weight is 214 g/mol.